The minimum Gasteiger partial charge on any atom is -0.502 e. The molecule has 1 N–H and O–H groups in total. The monoisotopic (exact) mass is 404 g/mol. The summed E-state index contributed by atoms with van der Waals surface area (Å²) in [6, 6.07) is 19.2. The highest BCUT2D eigenvalue weighted by molar-refractivity contribution is 5.74. The average molecular weight is 404 g/mol. The van der Waals surface area contributed by atoms with Crippen LogP contribution < -0.4 is 18.9 Å². The van der Waals surface area contributed by atoms with Crippen LogP contribution in [0.15, 0.2) is 66.7 Å². The second-order valence-corrected chi connectivity index (χ2v) is 7.26. The van der Waals surface area contributed by atoms with E-state index < -0.39 is 5.41 Å². The van der Waals surface area contributed by atoms with Crippen LogP contribution in [-0.4, -0.2) is 26.4 Å². The summed E-state index contributed by atoms with van der Waals surface area (Å²) in [6.45, 7) is 2.10. The molecular weight excluding hydrogens is 380 g/mol. The fourth-order valence-corrected chi connectivity index (χ4v) is 3.78. The predicted molar refractivity (Wildman–Crippen MR) is 116 cm³/mol. The molecule has 3 aromatic carbocycles. The molecule has 1 aliphatic heterocycles. The van der Waals surface area contributed by atoms with Crippen LogP contribution in [0, 0.1) is 0 Å². The number of methoxy groups -OCH3 is 3. The Morgan fingerprint density at radius 3 is 1.93 bits per heavy atom. The lowest BCUT2D eigenvalue weighted by Crippen LogP contribution is -2.26. The van der Waals surface area contributed by atoms with Crippen molar-refractivity contribution >= 4 is 5.76 Å². The number of ether oxygens (including phenoxy) is 4. The number of allylic oxidation sites excluding steroid dienone is 1. The molecule has 5 nitrogen and oxygen atoms in total. The molecule has 0 saturated carbocycles. The number of hydrogen-bond acceptors (Lipinski definition) is 5. The standard InChI is InChI=1S/C25H24O5/c1-25(17-7-11-19(28-3)12-8-17)15-22(16-5-9-18(27-2)10-6-16)30-24-20(25)13-14-21(29-4)23(24)26/h5-15,26H,1-4H3. The van der Waals surface area contributed by atoms with E-state index in [1.165, 1.54) is 7.11 Å². The molecule has 4 rings (SSSR count). The van der Waals surface area contributed by atoms with Crippen molar-refractivity contribution in [1.29, 1.82) is 0 Å². The number of phenolic OH excluding ortho intramolecular Hbond substituents is 1. The molecule has 0 spiro atoms. The largest absolute Gasteiger partial charge is 0.502 e. The van der Waals surface area contributed by atoms with Crippen molar-refractivity contribution in [2.75, 3.05) is 21.3 Å². The summed E-state index contributed by atoms with van der Waals surface area (Å²) in [4.78, 5) is 0. The van der Waals surface area contributed by atoms with Gasteiger partial charge in [0.2, 0.25) is 5.75 Å². The summed E-state index contributed by atoms with van der Waals surface area (Å²) in [7, 11) is 4.80. The Hall–Kier alpha value is -3.60. The first-order valence-corrected chi connectivity index (χ1v) is 9.60. The minimum absolute atomic E-state index is 0.0196. The van der Waals surface area contributed by atoms with E-state index in [2.05, 4.69) is 13.0 Å². The van der Waals surface area contributed by atoms with Gasteiger partial charge in [-0.05, 0) is 61.0 Å². The minimum atomic E-state index is -0.543. The van der Waals surface area contributed by atoms with E-state index in [0.29, 0.717) is 17.3 Å². The summed E-state index contributed by atoms with van der Waals surface area (Å²) in [5.74, 6) is 2.92. The molecule has 5 heteroatoms. The third-order valence-corrected chi connectivity index (χ3v) is 5.57. The normalized spacial score (nSPS) is 17.4. The van der Waals surface area contributed by atoms with Crippen LogP contribution in [0.2, 0.25) is 0 Å². The Balaban J connectivity index is 1.90. The van der Waals surface area contributed by atoms with E-state index in [-0.39, 0.29) is 5.75 Å². The van der Waals surface area contributed by atoms with Gasteiger partial charge in [-0.15, -0.1) is 0 Å². The number of rotatable bonds is 5. The first-order valence-electron chi connectivity index (χ1n) is 9.60. The van der Waals surface area contributed by atoms with Crippen molar-refractivity contribution < 1.29 is 24.1 Å². The van der Waals surface area contributed by atoms with Gasteiger partial charge in [0.05, 0.1) is 21.3 Å². The Morgan fingerprint density at radius 1 is 0.767 bits per heavy atom. The zero-order valence-electron chi connectivity index (χ0n) is 17.4. The van der Waals surface area contributed by atoms with Gasteiger partial charge in [-0.25, -0.2) is 0 Å². The topological polar surface area (TPSA) is 57.2 Å². The third kappa shape index (κ3) is 3.22. The molecule has 1 heterocycles. The van der Waals surface area contributed by atoms with Crippen LogP contribution in [0.3, 0.4) is 0 Å². The van der Waals surface area contributed by atoms with Crippen molar-refractivity contribution in [3.05, 3.63) is 83.4 Å². The van der Waals surface area contributed by atoms with E-state index in [0.717, 1.165) is 28.2 Å². The van der Waals surface area contributed by atoms with Crippen LogP contribution in [-0.2, 0) is 5.41 Å². The fraction of sp³-hybridized carbons (Fsp3) is 0.200. The van der Waals surface area contributed by atoms with E-state index >= 15 is 0 Å². The Morgan fingerprint density at radius 2 is 1.37 bits per heavy atom. The van der Waals surface area contributed by atoms with E-state index in [1.807, 2.05) is 54.6 Å². The third-order valence-electron chi connectivity index (χ3n) is 5.57. The van der Waals surface area contributed by atoms with Crippen molar-refractivity contribution in [3.63, 3.8) is 0 Å². The molecule has 30 heavy (non-hydrogen) atoms. The van der Waals surface area contributed by atoms with Crippen molar-refractivity contribution in [2.45, 2.75) is 12.3 Å². The van der Waals surface area contributed by atoms with Gasteiger partial charge in [0.15, 0.2) is 11.5 Å². The molecule has 0 bridgehead atoms. The highest BCUT2D eigenvalue weighted by atomic mass is 16.5. The molecule has 3 aromatic rings. The molecule has 0 radical (unpaired) electrons. The quantitative estimate of drug-likeness (QED) is 0.637. The van der Waals surface area contributed by atoms with Gasteiger partial charge in [0, 0.05) is 16.5 Å². The van der Waals surface area contributed by atoms with E-state index in [4.69, 9.17) is 18.9 Å². The predicted octanol–water partition coefficient (Wildman–Crippen LogP) is 5.16. The second-order valence-electron chi connectivity index (χ2n) is 7.26. The molecule has 1 atom stereocenters. The average Bonchev–Trinajstić information content (AvgIpc) is 2.79. The van der Waals surface area contributed by atoms with Gasteiger partial charge >= 0.3 is 0 Å². The van der Waals surface area contributed by atoms with Crippen LogP contribution in [0.4, 0.5) is 0 Å². The lowest BCUT2D eigenvalue weighted by atomic mass is 9.73. The number of phenols is 1. The summed E-state index contributed by atoms with van der Waals surface area (Å²) in [6.07, 6.45) is 2.07. The fourth-order valence-electron chi connectivity index (χ4n) is 3.78. The zero-order chi connectivity index (χ0) is 21.3. The molecule has 0 fully saturated rings. The van der Waals surface area contributed by atoms with Crippen molar-refractivity contribution in [1.82, 2.24) is 0 Å². The number of aromatic hydroxyl groups is 1. The number of benzene rings is 3. The lowest BCUT2D eigenvalue weighted by molar-refractivity contribution is 0.351. The maximum absolute atomic E-state index is 10.8. The Bertz CT molecular complexity index is 1080. The van der Waals surface area contributed by atoms with Crippen LogP contribution in [0.25, 0.3) is 5.76 Å². The molecule has 1 unspecified atom stereocenters. The second kappa shape index (κ2) is 7.67. The maximum Gasteiger partial charge on any atom is 0.201 e. The Kier molecular flexibility index (Phi) is 5.04. The number of fused-ring (bicyclic) bond motifs is 1. The van der Waals surface area contributed by atoms with Crippen LogP contribution in [0.5, 0.6) is 28.7 Å². The maximum atomic E-state index is 10.8. The van der Waals surface area contributed by atoms with Gasteiger partial charge in [0.1, 0.15) is 17.3 Å². The lowest BCUT2D eigenvalue weighted by Gasteiger charge is -2.35. The summed E-state index contributed by atoms with van der Waals surface area (Å²) in [5.41, 5.74) is 2.23. The highest BCUT2D eigenvalue weighted by Crippen LogP contribution is 2.51. The van der Waals surface area contributed by atoms with Gasteiger partial charge in [-0.1, -0.05) is 18.2 Å². The van der Waals surface area contributed by atoms with Gasteiger partial charge in [0.25, 0.3) is 0 Å². The van der Waals surface area contributed by atoms with Gasteiger partial charge in [-0.3, -0.25) is 0 Å². The van der Waals surface area contributed by atoms with Gasteiger partial charge in [-0.2, -0.15) is 0 Å². The number of hydrogen-bond donors (Lipinski definition) is 1. The molecule has 0 amide bonds. The summed E-state index contributed by atoms with van der Waals surface area (Å²) >= 11 is 0. The molecule has 0 aromatic heterocycles. The first kappa shape index (κ1) is 19.7. The first-order chi connectivity index (χ1) is 14.5. The Labute approximate surface area is 176 Å². The van der Waals surface area contributed by atoms with Crippen molar-refractivity contribution in [2.24, 2.45) is 0 Å². The summed E-state index contributed by atoms with van der Waals surface area (Å²) < 4.78 is 22.1. The molecular formula is C25H24O5. The molecule has 154 valence electrons. The zero-order valence-corrected chi connectivity index (χ0v) is 17.4. The van der Waals surface area contributed by atoms with Crippen LogP contribution in [0.1, 0.15) is 23.6 Å². The smallest absolute Gasteiger partial charge is 0.201 e. The molecule has 0 saturated heterocycles. The highest BCUT2D eigenvalue weighted by Gasteiger charge is 2.37. The van der Waals surface area contributed by atoms with Crippen LogP contribution >= 0.6 is 0 Å². The van der Waals surface area contributed by atoms with Crippen molar-refractivity contribution in [3.8, 4) is 28.7 Å². The molecule has 1 aliphatic rings. The summed E-state index contributed by atoms with van der Waals surface area (Å²) in [5, 5.41) is 10.8. The SMILES string of the molecule is COc1ccc(C2=CC(C)(c3ccc(OC)cc3)c3ccc(OC)c(O)c3O2)cc1. The molecule has 0 aliphatic carbocycles. The van der Waals surface area contributed by atoms with E-state index in [1.54, 1.807) is 20.3 Å². The van der Waals surface area contributed by atoms with Gasteiger partial charge < -0.3 is 24.1 Å². The van der Waals surface area contributed by atoms with E-state index in [9.17, 15) is 5.11 Å².